The maximum Gasteiger partial charge on any atom is 0.252 e. The number of carbonyl (C=O) groups excluding carboxylic acids is 1. The molecular weight excluding hydrogens is 336 g/mol. The van der Waals surface area contributed by atoms with E-state index in [4.69, 9.17) is 0 Å². The molecule has 1 atom stereocenters. The third-order valence-corrected chi connectivity index (χ3v) is 6.05. The number of amides is 1. The predicted octanol–water partition coefficient (Wildman–Crippen LogP) is 3.99. The molecular formula is C22H30N4O. The van der Waals surface area contributed by atoms with Gasteiger partial charge in [-0.15, -0.1) is 0 Å². The van der Waals surface area contributed by atoms with E-state index in [0.717, 1.165) is 24.4 Å². The lowest BCUT2D eigenvalue weighted by Gasteiger charge is -2.38. The molecule has 2 heterocycles. The number of likely N-dealkylation sites (tertiary alicyclic amines) is 1. The van der Waals surface area contributed by atoms with Crippen LogP contribution < -0.4 is 5.32 Å². The summed E-state index contributed by atoms with van der Waals surface area (Å²) in [4.78, 5) is 23.1. The van der Waals surface area contributed by atoms with Gasteiger partial charge in [0, 0.05) is 36.6 Å². The SMILES string of the molecule is O=C(N[C@@H]1CCCN(C2CCCCCC2)C1)c1ccccc1-c1ncc[nH]1. The average molecular weight is 367 g/mol. The number of imidazole rings is 1. The van der Waals surface area contributed by atoms with E-state index in [9.17, 15) is 4.79 Å². The van der Waals surface area contributed by atoms with Gasteiger partial charge in [-0.05, 0) is 38.3 Å². The highest BCUT2D eigenvalue weighted by atomic mass is 16.1. The van der Waals surface area contributed by atoms with Gasteiger partial charge in [0.05, 0.1) is 5.56 Å². The number of rotatable bonds is 4. The monoisotopic (exact) mass is 366 g/mol. The Hall–Kier alpha value is -2.14. The number of H-pyrrole nitrogens is 1. The standard InChI is InChI=1S/C22H30N4O/c27-22(20-12-6-5-11-19(20)21-23-13-14-24-21)25-17-8-7-15-26(16-17)18-9-3-1-2-4-10-18/h5-6,11-14,17-18H,1-4,7-10,15-16H2,(H,23,24)(H,25,27)/t17-/m1/s1. The number of carbonyl (C=O) groups is 1. The minimum atomic E-state index is 0.00900. The summed E-state index contributed by atoms with van der Waals surface area (Å²) in [5.41, 5.74) is 1.55. The van der Waals surface area contributed by atoms with Crippen LogP contribution in [0.15, 0.2) is 36.7 Å². The van der Waals surface area contributed by atoms with Crippen molar-refractivity contribution in [1.29, 1.82) is 0 Å². The number of hydrogen-bond acceptors (Lipinski definition) is 3. The smallest absolute Gasteiger partial charge is 0.252 e. The molecule has 0 radical (unpaired) electrons. The van der Waals surface area contributed by atoms with Crippen molar-refractivity contribution in [3.05, 3.63) is 42.2 Å². The van der Waals surface area contributed by atoms with Crippen molar-refractivity contribution in [3.8, 4) is 11.4 Å². The van der Waals surface area contributed by atoms with Gasteiger partial charge in [0.1, 0.15) is 5.82 Å². The second kappa shape index (κ2) is 8.70. The number of aromatic amines is 1. The Balaban J connectivity index is 1.42. The topological polar surface area (TPSA) is 61.0 Å². The summed E-state index contributed by atoms with van der Waals surface area (Å²) >= 11 is 0. The summed E-state index contributed by atoms with van der Waals surface area (Å²) in [6.45, 7) is 2.17. The van der Waals surface area contributed by atoms with Gasteiger partial charge >= 0.3 is 0 Å². The molecule has 0 unspecified atom stereocenters. The first kappa shape index (κ1) is 18.2. The van der Waals surface area contributed by atoms with E-state index < -0.39 is 0 Å². The van der Waals surface area contributed by atoms with E-state index in [0.29, 0.717) is 11.6 Å². The fraction of sp³-hybridized carbons (Fsp3) is 0.545. The summed E-state index contributed by atoms with van der Waals surface area (Å²) in [6, 6.07) is 8.65. The van der Waals surface area contributed by atoms with Gasteiger partial charge in [0.15, 0.2) is 0 Å². The van der Waals surface area contributed by atoms with E-state index >= 15 is 0 Å². The molecule has 1 saturated carbocycles. The van der Waals surface area contributed by atoms with Gasteiger partial charge in [-0.25, -0.2) is 4.98 Å². The molecule has 2 aromatic rings. The first-order chi connectivity index (χ1) is 13.3. The Morgan fingerprint density at radius 1 is 1.07 bits per heavy atom. The predicted molar refractivity (Wildman–Crippen MR) is 108 cm³/mol. The van der Waals surface area contributed by atoms with Gasteiger partial charge < -0.3 is 10.3 Å². The first-order valence-electron chi connectivity index (χ1n) is 10.4. The minimum absolute atomic E-state index is 0.00900. The van der Waals surface area contributed by atoms with Crippen molar-refractivity contribution in [3.63, 3.8) is 0 Å². The van der Waals surface area contributed by atoms with E-state index in [1.54, 1.807) is 12.4 Å². The molecule has 1 aromatic carbocycles. The number of nitrogens with zero attached hydrogens (tertiary/aromatic N) is 2. The normalized spacial score (nSPS) is 22.3. The Morgan fingerprint density at radius 3 is 2.67 bits per heavy atom. The zero-order valence-electron chi connectivity index (χ0n) is 16.0. The van der Waals surface area contributed by atoms with Gasteiger partial charge in [-0.2, -0.15) is 0 Å². The fourth-order valence-corrected chi connectivity index (χ4v) is 4.64. The van der Waals surface area contributed by atoms with E-state index in [1.807, 2.05) is 24.3 Å². The molecule has 1 aromatic heterocycles. The molecule has 2 aliphatic rings. The number of benzene rings is 1. The number of aromatic nitrogens is 2. The lowest BCUT2D eigenvalue weighted by atomic mass is 9.99. The molecule has 0 spiro atoms. The van der Waals surface area contributed by atoms with Crippen LogP contribution in [0.1, 0.15) is 61.7 Å². The van der Waals surface area contributed by atoms with Crippen LogP contribution >= 0.6 is 0 Å². The Kier molecular flexibility index (Phi) is 5.87. The summed E-state index contributed by atoms with van der Waals surface area (Å²) < 4.78 is 0. The summed E-state index contributed by atoms with van der Waals surface area (Å²) in [5.74, 6) is 0.749. The number of piperidine rings is 1. The molecule has 2 fully saturated rings. The second-order valence-electron chi connectivity index (χ2n) is 7.94. The molecule has 4 rings (SSSR count). The largest absolute Gasteiger partial charge is 0.348 e. The quantitative estimate of drug-likeness (QED) is 0.804. The fourth-order valence-electron chi connectivity index (χ4n) is 4.64. The summed E-state index contributed by atoms with van der Waals surface area (Å²) in [5, 5.41) is 3.30. The molecule has 1 saturated heterocycles. The molecule has 1 aliphatic heterocycles. The third kappa shape index (κ3) is 4.41. The van der Waals surface area contributed by atoms with Crippen molar-refractivity contribution < 1.29 is 4.79 Å². The van der Waals surface area contributed by atoms with Crippen LogP contribution in [0, 0.1) is 0 Å². The Morgan fingerprint density at radius 2 is 1.89 bits per heavy atom. The zero-order chi connectivity index (χ0) is 18.5. The molecule has 27 heavy (non-hydrogen) atoms. The van der Waals surface area contributed by atoms with Crippen LogP contribution in [-0.4, -0.2) is 45.9 Å². The second-order valence-corrected chi connectivity index (χ2v) is 7.94. The van der Waals surface area contributed by atoms with Crippen LogP contribution in [0.5, 0.6) is 0 Å². The third-order valence-electron chi connectivity index (χ3n) is 6.05. The van der Waals surface area contributed by atoms with Crippen molar-refractivity contribution in [2.45, 2.75) is 63.5 Å². The molecule has 2 N–H and O–H groups in total. The molecule has 1 aliphatic carbocycles. The Labute approximate surface area is 161 Å². The van der Waals surface area contributed by atoms with Crippen molar-refractivity contribution >= 4 is 5.91 Å². The van der Waals surface area contributed by atoms with Crippen LogP contribution in [0.25, 0.3) is 11.4 Å². The zero-order valence-corrected chi connectivity index (χ0v) is 16.0. The lowest BCUT2D eigenvalue weighted by molar-refractivity contribution is 0.0861. The maximum atomic E-state index is 13.0. The highest BCUT2D eigenvalue weighted by molar-refractivity contribution is 6.00. The molecule has 5 heteroatoms. The van der Waals surface area contributed by atoms with Gasteiger partial charge in [-0.3, -0.25) is 9.69 Å². The van der Waals surface area contributed by atoms with Gasteiger partial charge in [0.2, 0.25) is 0 Å². The first-order valence-corrected chi connectivity index (χ1v) is 10.4. The van der Waals surface area contributed by atoms with Crippen LogP contribution in [-0.2, 0) is 0 Å². The lowest BCUT2D eigenvalue weighted by Crippen LogP contribution is -2.51. The van der Waals surface area contributed by atoms with Crippen molar-refractivity contribution in [2.24, 2.45) is 0 Å². The minimum Gasteiger partial charge on any atom is -0.348 e. The van der Waals surface area contributed by atoms with Crippen molar-refractivity contribution in [2.75, 3.05) is 13.1 Å². The highest BCUT2D eigenvalue weighted by Crippen LogP contribution is 2.25. The molecule has 5 nitrogen and oxygen atoms in total. The summed E-state index contributed by atoms with van der Waals surface area (Å²) in [6.07, 6.45) is 13.9. The van der Waals surface area contributed by atoms with Gasteiger partial charge in [0.25, 0.3) is 5.91 Å². The van der Waals surface area contributed by atoms with Crippen LogP contribution in [0.4, 0.5) is 0 Å². The number of nitrogens with one attached hydrogen (secondary N) is 2. The van der Waals surface area contributed by atoms with Crippen LogP contribution in [0.3, 0.4) is 0 Å². The molecule has 0 bridgehead atoms. The highest BCUT2D eigenvalue weighted by Gasteiger charge is 2.27. The van der Waals surface area contributed by atoms with Crippen molar-refractivity contribution in [1.82, 2.24) is 20.2 Å². The average Bonchev–Trinajstić information content (AvgIpc) is 3.10. The van der Waals surface area contributed by atoms with E-state index in [1.165, 1.54) is 51.5 Å². The number of hydrogen-bond donors (Lipinski definition) is 2. The van der Waals surface area contributed by atoms with E-state index in [2.05, 4.69) is 20.2 Å². The summed E-state index contributed by atoms with van der Waals surface area (Å²) in [7, 11) is 0. The molecule has 1 amide bonds. The van der Waals surface area contributed by atoms with Gasteiger partial charge in [-0.1, -0.05) is 43.9 Å². The maximum absolute atomic E-state index is 13.0. The van der Waals surface area contributed by atoms with E-state index in [-0.39, 0.29) is 11.9 Å². The van der Waals surface area contributed by atoms with Crippen LogP contribution in [0.2, 0.25) is 0 Å². The molecule has 144 valence electrons. The Bertz CT molecular complexity index is 735.